The van der Waals surface area contributed by atoms with Gasteiger partial charge in [0, 0.05) is 12.1 Å². The zero-order valence-corrected chi connectivity index (χ0v) is 14.6. The largest absolute Gasteiger partial charge is 0.490 e. The maximum Gasteiger partial charge on any atom is 0.175 e. The SMILES string of the molecule is CCOc1cc(CCl)cc(Br)c1OCCCS(C)(=O)=O. The number of hydrogen-bond donors (Lipinski definition) is 0. The summed E-state index contributed by atoms with van der Waals surface area (Å²) in [7, 11) is -2.96. The van der Waals surface area contributed by atoms with Crippen LogP contribution in [0, 0.1) is 0 Å². The number of ether oxygens (including phenoxy) is 2. The number of rotatable bonds is 8. The van der Waals surface area contributed by atoms with Gasteiger partial charge in [-0.3, -0.25) is 0 Å². The summed E-state index contributed by atoms with van der Waals surface area (Å²) in [5, 5.41) is 0. The molecule has 0 aliphatic carbocycles. The van der Waals surface area contributed by atoms with Gasteiger partial charge in [0.1, 0.15) is 9.84 Å². The quantitative estimate of drug-likeness (QED) is 0.508. The minimum absolute atomic E-state index is 0.106. The molecule has 0 saturated carbocycles. The molecule has 0 aliphatic rings. The van der Waals surface area contributed by atoms with Crippen LogP contribution >= 0.6 is 27.5 Å². The summed E-state index contributed by atoms with van der Waals surface area (Å²) >= 11 is 9.23. The summed E-state index contributed by atoms with van der Waals surface area (Å²) < 4.78 is 34.0. The molecule has 4 nitrogen and oxygen atoms in total. The van der Waals surface area contributed by atoms with E-state index in [1.165, 1.54) is 6.26 Å². The van der Waals surface area contributed by atoms with Crippen molar-refractivity contribution in [2.24, 2.45) is 0 Å². The van der Waals surface area contributed by atoms with Gasteiger partial charge in [0.25, 0.3) is 0 Å². The first-order valence-corrected chi connectivity index (χ1v) is 9.58. The van der Waals surface area contributed by atoms with Gasteiger partial charge in [-0.25, -0.2) is 8.42 Å². The average molecular weight is 386 g/mol. The fraction of sp³-hybridized carbons (Fsp3) is 0.538. The van der Waals surface area contributed by atoms with E-state index in [0.29, 0.717) is 37.0 Å². The minimum atomic E-state index is -2.96. The number of sulfone groups is 1. The van der Waals surface area contributed by atoms with Gasteiger partial charge in [0.15, 0.2) is 11.5 Å². The normalized spacial score (nSPS) is 11.4. The summed E-state index contributed by atoms with van der Waals surface area (Å²) in [5.41, 5.74) is 0.922. The molecule has 1 aromatic carbocycles. The van der Waals surface area contributed by atoms with Crippen molar-refractivity contribution in [2.45, 2.75) is 19.2 Å². The van der Waals surface area contributed by atoms with Crippen molar-refractivity contribution in [3.05, 3.63) is 22.2 Å². The monoisotopic (exact) mass is 384 g/mol. The lowest BCUT2D eigenvalue weighted by atomic mass is 10.2. The highest BCUT2D eigenvalue weighted by Gasteiger charge is 2.12. The van der Waals surface area contributed by atoms with Crippen molar-refractivity contribution in [2.75, 3.05) is 25.2 Å². The fourth-order valence-corrected chi connectivity index (χ4v) is 3.00. The Morgan fingerprint density at radius 3 is 2.55 bits per heavy atom. The van der Waals surface area contributed by atoms with E-state index >= 15 is 0 Å². The first-order chi connectivity index (χ1) is 9.37. The van der Waals surface area contributed by atoms with E-state index in [9.17, 15) is 8.42 Å². The first kappa shape index (κ1) is 17.6. The number of halogens is 2. The Bertz CT molecular complexity index is 546. The Morgan fingerprint density at radius 1 is 1.30 bits per heavy atom. The summed E-state index contributed by atoms with van der Waals surface area (Å²) in [6.45, 7) is 2.71. The highest BCUT2D eigenvalue weighted by Crippen LogP contribution is 2.37. The van der Waals surface area contributed by atoms with E-state index in [0.717, 1.165) is 10.0 Å². The Morgan fingerprint density at radius 2 is 2.00 bits per heavy atom. The lowest BCUT2D eigenvalue weighted by Crippen LogP contribution is -2.09. The minimum Gasteiger partial charge on any atom is -0.490 e. The molecule has 7 heteroatoms. The van der Waals surface area contributed by atoms with Crippen molar-refractivity contribution in [1.29, 1.82) is 0 Å². The molecular formula is C13H18BrClO4S. The van der Waals surface area contributed by atoms with Crippen LogP contribution in [-0.2, 0) is 15.7 Å². The van der Waals surface area contributed by atoms with Crippen LogP contribution in [0.2, 0.25) is 0 Å². The summed E-state index contributed by atoms with van der Waals surface area (Å²) in [5.74, 6) is 1.67. The molecule has 20 heavy (non-hydrogen) atoms. The van der Waals surface area contributed by atoms with Crippen LogP contribution in [0.3, 0.4) is 0 Å². The maximum atomic E-state index is 11.1. The molecule has 0 N–H and O–H groups in total. The molecule has 0 saturated heterocycles. The van der Waals surface area contributed by atoms with Crippen LogP contribution in [0.1, 0.15) is 18.9 Å². The van der Waals surface area contributed by atoms with Crippen LogP contribution in [0.4, 0.5) is 0 Å². The lowest BCUT2D eigenvalue weighted by Gasteiger charge is -2.14. The zero-order chi connectivity index (χ0) is 15.2. The van der Waals surface area contributed by atoms with Crippen LogP contribution in [0.5, 0.6) is 11.5 Å². The van der Waals surface area contributed by atoms with Gasteiger partial charge in [-0.2, -0.15) is 0 Å². The highest BCUT2D eigenvalue weighted by molar-refractivity contribution is 9.10. The van der Waals surface area contributed by atoms with E-state index in [1.54, 1.807) is 0 Å². The predicted octanol–water partition coefficient (Wildman–Crippen LogP) is 3.40. The molecular weight excluding hydrogens is 368 g/mol. The number of alkyl halides is 1. The summed E-state index contributed by atoms with van der Waals surface area (Å²) in [6, 6.07) is 3.69. The van der Waals surface area contributed by atoms with Gasteiger partial charge < -0.3 is 9.47 Å². The van der Waals surface area contributed by atoms with Gasteiger partial charge in [-0.15, -0.1) is 11.6 Å². The highest BCUT2D eigenvalue weighted by atomic mass is 79.9. The molecule has 0 bridgehead atoms. The third-order valence-corrected chi connectivity index (χ3v) is 4.36. The van der Waals surface area contributed by atoms with Gasteiger partial charge in [-0.05, 0) is 47.0 Å². The molecule has 1 rings (SSSR count). The average Bonchev–Trinajstić information content (AvgIpc) is 2.35. The van der Waals surface area contributed by atoms with E-state index < -0.39 is 9.84 Å². The molecule has 0 radical (unpaired) electrons. The molecule has 1 aromatic rings. The predicted molar refractivity (Wildman–Crippen MR) is 84.7 cm³/mol. The first-order valence-electron chi connectivity index (χ1n) is 6.19. The van der Waals surface area contributed by atoms with Crippen molar-refractivity contribution < 1.29 is 17.9 Å². The van der Waals surface area contributed by atoms with Crippen LogP contribution < -0.4 is 9.47 Å². The third-order valence-electron chi connectivity index (χ3n) is 2.43. The van der Waals surface area contributed by atoms with Crippen LogP contribution in [0.25, 0.3) is 0 Å². The molecule has 0 aromatic heterocycles. The molecule has 0 spiro atoms. The van der Waals surface area contributed by atoms with E-state index in [1.807, 2.05) is 19.1 Å². The summed E-state index contributed by atoms with van der Waals surface area (Å²) in [6.07, 6.45) is 1.65. The van der Waals surface area contributed by atoms with Crippen LogP contribution in [0.15, 0.2) is 16.6 Å². The van der Waals surface area contributed by atoms with Crippen molar-refractivity contribution in [3.63, 3.8) is 0 Å². The van der Waals surface area contributed by atoms with E-state index in [2.05, 4.69) is 15.9 Å². The van der Waals surface area contributed by atoms with E-state index in [4.69, 9.17) is 21.1 Å². The smallest absolute Gasteiger partial charge is 0.175 e. The standard InChI is InChI=1S/C13H18BrClO4S/c1-3-18-12-8-10(9-15)7-11(14)13(12)19-5-4-6-20(2,16)17/h7-8H,3-6,9H2,1-2H3. The summed E-state index contributed by atoms with van der Waals surface area (Å²) in [4.78, 5) is 0. The fourth-order valence-electron chi connectivity index (χ4n) is 1.60. The van der Waals surface area contributed by atoms with E-state index in [-0.39, 0.29) is 5.75 Å². The topological polar surface area (TPSA) is 52.6 Å². The molecule has 0 atom stereocenters. The van der Waals surface area contributed by atoms with Crippen molar-refractivity contribution in [1.82, 2.24) is 0 Å². The molecule has 0 unspecified atom stereocenters. The van der Waals surface area contributed by atoms with Gasteiger partial charge in [-0.1, -0.05) is 0 Å². The van der Waals surface area contributed by atoms with Crippen molar-refractivity contribution in [3.8, 4) is 11.5 Å². The lowest BCUT2D eigenvalue weighted by molar-refractivity contribution is 0.275. The van der Waals surface area contributed by atoms with Crippen molar-refractivity contribution >= 4 is 37.4 Å². The Balaban J connectivity index is 2.77. The van der Waals surface area contributed by atoms with Crippen LogP contribution in [-0.4, -0.2) is 33.6 Å². The Hall–Kier alpha value is -0.460. The zero-order valence-electron chi connectivity index (χ0n) is 11.5. The second-order valence-corrected chi connectivity index (χ2v) is 7.68. The molecule has 0 aliphatic heterocycles. The Labute approximate surface area is 133 Å². The second kappa shape index (κ2) is 8.10. The Kier molecular flexibility index (Phi) is 7.12. The van der Waals surface area contributed by atoms with Gasteiger partial charge in [0.2, 0.25) is 0 Å². The molecule has 0 heterocycles. The number of hydrogen-bond acceptors (Lipinski definition) is 4. The van der Waals surface area contributed by atoms with Gasteiger partial charge in [0.05, 0.1) is 23.4 Å². The third kappa shape index (κ3) is 5.89. The van der Waals surface area contributed by atoms with Gasteiger partial charge >= 0.3 is 0 Å². The second-order valence-electron chi connectivity index (χ2n) is 4.30. The molecule has 0 amide bonds. The maximum absolute atomic E-state index is 11.1. The molecule has 114 valence electrons. The molecule has 0 fully saturated rings. The number of benzene rings is 1.